The Morgan fingerprint density at radius 2 is 1.71 bits per heavy atom. The minimum atomic E-state index is -0.634. The number of nitrogens with one attached hydrogen (secondary N) is 1. The summed E-state index contributed by atoms with van der Waals surface area (Å²) < 4.78 is 21.3. The molecule has 1 heterocycles. The lowest BCUT2D eigenvalue weighted by Crippen LogP contribution is -2.30. The number of aromatic nitrogens is 2. The first kappa shape index (κ1) is 24.8. The Morgan fingerprint density at radius 3 is 2.38 bits per heavy atom. The smallest absolute Gasteiger partial charge is 0.325 e. The second kappa shape index (κ2) is 11.8. The topological polar surface area (TPSA) is 113 Å². The minimum Gasteiger partial charge on any atom is -0.490 e. The lowest BCUT2D eigenvalue weighted by atomic mass is 10.0. The third kappa shape index (κ3) is 6.57. The van der Waals surface area contributed by atoms with Crippen LogP contribution in [0.25, 0.3) is 11.4 Å². The van der Waals surface area contributed by atoms with Gasteiger partial charge in [-0.15, -0.1) is 0 Å². The van der Waals surface area contributed by atoms with Crippen LogP contribution in [0.2, 0.25) is 0 Å². The number of amides is 1. The monoisotopic (exact) mass is 467 g/mol. The molecule has 0 atom stereocenters. The highest BCUT2D eigenvalue weighted by atomic mass is 16.6. The van der Waals surface area contributed by atoms with E-state index >= 15 is 0 Å². The van der Waals surface area contributed by atoms with Gasteiger partial charge in [-0.3, -0.25) is 9.59 Å². The number of hydrogen-bond donors (Lipinski definition) is 1. The van der Waals surface area contributed by atoms with Gasteiger partial charge >= 0.3 is 5.97 Å². The van der Waals surface area contributed by atoms with E-state index in [1.54, 1.807) is 18.2 Å². The molecule has 34 heavy (non-hydrogen) atoms. The van der Waals surface area contributed by atoms with Crippen LogP contribution in [0.4, 0.5) is 0 Å². The number of carbonyl (C=O) groups excluding carboxylic acids is 2. The normalized spacial score (nSPS) is 10.7. The maximum Gasteiger partial charge on any atom is 0.325 e. The van der Waals surface area contributed by atoms with Gasteiger partial charge in [0.1, 0.15) is 6.54 Å². The molecule has 0 fully saturated rings. The molecule has 180 valence electrons. The molecule has 2 aromatic carbocycles. The first-order chi connectivity index (χ1) is 16.4. The van der Waals surface area contributed by atoms with Gasteiger partial charge in [-0.2, -0.15) is 4.98 Å². The number of ether oxygens (including phenoxy) is 3. The molecular formula is C25H29N3O6. The molecule has 0 aliphatic rings. The van der Waals surface area contributed by atoms with Gasteiger partial charge < -0.3 is 24.1 Å². The van der Waals surface area contributed by atoms with Crippen molar-refractivity contribution < 1.29 is 28.3 Å². The van der Waals surface area contributed by atoms with Crippen molar-refractivity contribution in [3.63, 3.8) is 0 Å². The van der Waals surface area contributed by atoms with Crippen LogP contribution >= 0.6 is 0 Å². The molecule has 9 heteroatoms. The predicted octanol–water partition coefficient (Wildman–Crippen LogP) is 4.13. The van der Waals surface area contributed by atoms with Crippen LogP contribution in [0.1, 0.15) is 55.4 Å². The van der Waals surface area contributed by atoms with E-state index in [9.17, 15) is 9.59 Å². The summed E-state index contributed by atoms with van der Waals surface area (Å²) in [5.41, 5.74) is 2.35. The lowest BCUT2D eigenvalue weighted by molar-refractivity contribution is -0.144. The maximum atomic E-state index is 12.4. The molecule has 0 saturated heterocycles. The fourth-order valence-electron chi connectivity index (χ4n) is 3.09. The zero-order valence-electron chi connectivity index (χ0n) is 19.8. The van der Waals surface area contributed by atoms with Gasteiger partial charge in [0.2, 0.25) is 5.82 Å². The summed E-state index contributed by atoms with van der Waals surface area (Å²) in [6.45, 7) is 8.34. The molecule has 0 bridgehead atoms. The van der Waals surface area contributed by atoms with E-state index in [1.807, 2.05) is 38.1 Å². The summed E-state index contributed by atoms with van der Waals surface area (Å²) in [5, 5.41) is 6.45. The fourth-order valence-corrected chi connectivity index (χ4v) is 3.09. The summed E-state index contributed by atoms with van der Waals surface area (Å²) >= 11 is 0. The number of nitrogens with zero attached hydrogens (tertiary/aromatic N) is 2. The zero-order valence-corrected chi connectivity index (χ0v) is 19.8. The molecule has 9 nitrogen and oxygen atoms in total. The number of esters is 1. The molecule has 0 saturated carbocycles. The fraction of sp³-hybridized carbons (Fsp3) is 0.360. The van der Waals surface area contributed by atoms with Gasteiger partial charge in [0.15, 0.2) is 18.1 Å². The Balaban J connectivity index is 1.50. The molecule has 1 aromatic heterocycles. The molecule has 3 rings (SSSR count). The third-order valence-electron chi connectivity index (χ3n) is 4.86. The predicted molar refractivity (Wildman–Crippen MR) is 125 cm³/mol. The van der Waals surface area contributed by atoms with Gasteiger partial charge in [-0.05, 0) is 43.5 Å². The Bertz CT molecular complexity index is 1110. The van der Waals surface area contributed by atoms with Gasteiger partial charge in [0, 0.05) is 11.1 Å². The molecule has 1 amide bonds. The van der Waals surface area contributed by atoms with Crippen molar-refractivity contribution in [3.8, 4) is 22.9 Å². The van der Waals surface area contributed by atoms with Crippen molar-refractivity contribution in [3.05, 3.63) is 59.5 Å². The molecule has 0 radical (unpaired) electrons. The number of carbonyl (C=O) groups is 2. The first-order valence-electron chi connectivity index (χ1n) is 11.2. The Labute approximate surface area is 198 Å². The van der Waals surface area contributed by atoms with Crippen LogP contribution in [-0.4, -0.2) is 41.8 Å². The quantitative estimate of drug-likeness (QED) is 0.419. The van der Waals surface area contributed by atoms with Crippen LogP contribution in [0.3, 0.4) is 0 Å². The minimum absolute atomic E-state index is 0.162. The Hall–Kier alpha value is -3.88. The Kier molecular flexibility index (Phi) is 8.61. The van der Waals surface area contributed by atoms with Crippen LogP contribution in [0, 0.1) is 0 Å². The number of hydrogen-bond acceptors (Lipinski definition) is 8. The van der Waals surface area contributed by atoms with Crippen LogP contribution in [0.15, 0.2) is 47.0 Å². The van der Waals surface area contributed by atoms with Crippen LogP contribution in [0.5, 0.6) is 11.5 Å². The standard InChI is InChI=1S/C25H29N3O6/c1-5-31-20-12-11-19(13-21(20)32-6-2)25(30)26-14-23(29)33-15-22-27-24(28-34-22)18-9-7-17(8-10-18)16(3)4/h7-13,16H,5-6,14-15H2,1-4H3,(H,26,30). The van der Waals surface area contributed by atoms with Gasteiger partial charge in [-0.25, -0.2) is 0 Å². The molecular weight excluding hydrogens is 438 g/mol. The second-order valence-corrected chi connectivity index (χ2v) is 7.66. The average Bonchev–Trinajstić information content (AvgIpc) is 3.32. The summed E-state index contributed by atoms with van der Waals surface area (Å²) in [5.74, 6) is 0.943. The highest BCUT2D eigenvalue weighted by Gasteiger charge is 2.15. The third-order valence-corrected chi connectivity index (χ3v) is 4.86. The van der Waals surface area contributed by atoms with E-state index in [4.69, 9.17) is 18.7 Å². The SMILES string of the molecule is CCOc1ccc(C(=O)NCC(=O)OCc2nc(-c3ccc(C(C)C)cc3)no2)cc1OCC. The van der Waals surface area contributed by atoms with Crippen molar-refractivity contribution in [1.29, 1.82) is 0 Å². The van der Waals surface area contributed by atoms with E-state index in [1.165, 1.54) is 5.56 Å². The summed E-state index contributed by atoms with van der Waals surface area (Å²) in [6.07, 6.45) is 0. The van der Waals surface area contributed by atoms with Crippen LogP contribution < -0.4 is 14.8 Å². The highest BCUT2D eigenvalue weighted by Crippen LogP contribution is 2.28. The van der Waals surface area contributed by atoms with E-state index in [0.29, 0.717) is 42.0 Å². The van der Waals surface area contributed by atoms with Gasteiger partial charge in [0.05, 0.1) is 13.2 Å². The van der Waals surface area contributed by atoms with Crippen molar-refractivity contribution in [2.24, 2.45) is 0 Å². The van der Waals surface area contributed by atoms with Crippen molar-refractivity contribution in [2.75, 3.05) is 19.8 Å². The van der Waals surface area contributed by atoms with E-state index < -0.39 is 11.9 Å². The summed E-state index contributed by atoms with van der Waals surface area (Å²) in [7, 11) is 0. The maximum absolute atomic E-state index is 12.4. The van der Waals surface area contributed by atoms with E-state index in [0.717, 1.165) is 5.56 Å². The number of rotatable bonds is 11. The van der Waals surface area contributed by atoms with E-state index in [2.05, 4.69) is 29.3 Å². The zero-order chi connectivity index (χ0) is 24.5. The molecule has 0 unspecified atom stereocenters. The van der Waals surface area contributed by atoms with Crippen molar-refractivity contribution in [1.82, 2.24) is 15.5 Å². The highest BCUT2D eigenvalue weighted by molar-refractivity contribution is 5.96. The lowest BCUT2D eigenvalue weighted by Gasteiger charge is -2.12. The van der Waals surface area contributed by atoms with Crippen molar-refractivity contribution >= 4 is 11.9 Å². The summed E-state index contributed by atoms with van der Waals surface area (Å²) in [6, 6.07) is 12.7. The average molecular weight is 468 g/mol. The molecule has 1 N–H and O–H groups in total. The van der Waals surface area contributed by atoms with Gasteiger partial charge in [0.25, 0.3) is 11.8 Å². The summed E-state index contributed by atoms with van der Waals surface area (Å²) in [4.78, 5) is 28.7. The molecule has 3 aromatic rings. The molecule has 0 aliphatic carbocycles. The Morgan fingerprint density at radius 1 is 1.00 bits per heavy atom. The van der Waals surface area contributed by atoms with Crippen molar-refractivity contribution in [2.45, 2.75) is 40.2 Å². The largest absolute Gasteiger partial charge is 0.490 e. The van der Waals surface area contributed by atoms with E-state index in [-0.39, 0.29) is 19.0 Å². The van der Waals surface area contributed by atoms with Gasteiger partial charge in [-0.1, -0.05) is 43.3 Å². The van der Waals surface area contributed by atoms with Crippen LogP contribution in [-0.2, 0) is 16.1 Å². The first-order valence-corrected chi connectivity index (χ1v) is 11.2. The second-order valence-electron chi connectivity index (χ2n) is 7.66. The molecule has 0 aliphatic heterocycles. The number of benzene rings is 2. The molecule has 0 spiro atoms.